The minimum Gasteiger partial charge on any atom is -0.360 e. The third kappa shape index (κ3) is 2.91. The molecule has 0 bridgehead atoms. The average molecular weight is 362 g/mol. The molecule has 8 heteroatoms. The normalized spacial score (nSPS) is 11.1. The number of carbonyl (C=O) groups is 1. The summed E-state index contributed by atoms with van der Waals surface area (Å²) in [5.74, 6) is 0.402. The van der Waals surface area contributed by atoms with E-state index < -0.39 is 0 Å². The minimum absolute atomic E-state index is 0.237. The van der Waals surface area contributed by atoms with Crippen molar-refractivity contribution in [2.45, 2.75) is 20.8 Å². The lowest BCUT2D eigenvalue weighted by Gasteiger charge is -2.09. The van der Waals surface area contributed by atoms with Crippen molar-refractivity contribution >= 4 is 22.6 Å². The molecule has 0 fully saturated rings. The molecule has 0 atom stereocenters. The summed E-state index contributed by atoms with van der Waals surface area (Å²) >= 11 is 0. The van der Waals surface area contributed by atoms with Gasteiger partial charge in [0.25, 0.3) is 11.5 Å². The van der Waals surface area contributed by atoms with Crippen LogP contribution in [0.1, 0.15) is 27.3 Å². The van der Waals surface area contributed by atoms with E-state index in [1.54, 1.807) is 33.0 Å². The first-order valence-corrected chi connectivity index (χ1v) is 8.46. The van der Waals surface area contributed by atoms with E-state index in [0.717, 1.165) is 10.9 Å². The van der Waals surface area contributed by atoms with Crippen molar-refractivity contribution < 1.29 is 4.79 Å². The van der Waals surface area contributed by atoms with E-state index in [4.69, 9.17) is 0 Å². The molecule has 8 nitrogen and oxygen atoms in total. The van der Waals surface area contributed by atoms with Crippen molar-refractivity contribution in [3.8, 4) is 5.95 Å². The summed E-state index contributed by atoms with van der Waals surface area (Å²) in [7, 11) is 0. The summed E-state index contributed by atoms with van der Waals surface area (Å²) in [6.45, 7) is 5.27. The van der Waals surface area contributed by atoms with E-state index in [2.05, 4.69) is 25.4 Å². The van der Waals surface area contributed by atoms with Crippen LogP contribution < -0.4 is 10.9 Å². The van der Waals surface area contributed by atoms with Gasteiger partial charge < -0.3 is 10.3 Å². The second-order valence-electron chi connectivity index (χ2n) is 6.38. The van der Waals surface area contributed by atoms with Gasteiger partial charge in [-0.2, -0.15) is 9.78 Å². The molecule has 0 aliphatic carbocycles. The van der Waals surface area contributed by atoms with Crippen LogP contribution >= 0.6 is 0 Å². The zero-order chi connectivity index (χ0) is 19.1. The molecular weight excluding hydrogens is 344 g/mol. The Labute approximate surface area is 154 Å². The van der Waals surface area contributed by atoms with Crippen LogP contribution in [0.3, 0.4) is 0 Å². The first-order valence-electron chi connectivity index (χ1n) is 8.46. The molecule has 0 saturated heterocycles. The Morgan fingerprint density at radius 3 is 2.74 bits per heavy atom. The van der Waals surface area contributed by atoms with E-state index >= 15 is 0 Å². The zero-order valence-electron chi connectivity index (χ0n) is 15.1. The number of fused-ring (bicyclic) bond motifs is 1. The summed E-state index contributed by atoms with van der Waals surface area (Å²) in [4.78, 5) is 35.1. The number of rotatable bonds is 3. The number of hydrogen-bond acceptors (Lipinski definition) is 4. The van der Waals surface area contributed by atoms with Crippen molar-refractivity contribution in [3.63, 3.8) is 0 Å². The lowest BCUT2D eigenvalue weighted by Crippen LogP contribution is -2.20. The van der Waals surface area contributed by atoms with Crippen LogP contribution in [0.5, 0.6) is 0 Å². The summed E-state index contributed by atoms with van der Waals surface area (Å²) in [5, 5.41) is 8.04. The fourth-order valence-corrected chi connectivity index (χ4v) is 2.92. The number of H-pyrrole nitrogens is 2. The molecule has 1 amide bonds. The summed E-state index contributed by atoms with van der Waals surface area (Å²) in [5.41, 5.74) is 3.01. The molecule has 1 aromatic carbocycles. The smallest absolute Gasteiger partial charge is 0.258 e. The van der Waals surface area contributed by atoms with Gasteiger partial charge in [0.1, 0.15) is 5.82 Å². The van der Waals surface area contributed by atoms with Crippen molar-refractivity contribution in [2.75, 3.05) is 5.32 Å². The maximum absolute atomic E-state index is 12.8. The number of amides is 1. The van der Waals surface area contributed by atoms with Gasteiger partial charge in [0.2, 0.25) is 5.95 Å². The standard InChI is InChI=1S/C19H18N6O2/c1-10-8-16(25(24-10)19-21-12(3)11(2)17(26)23-19)22-18(27)14-9-20-15-7-5-4-6-13(14)15/h4-9,20H,1-3H3,(H,22,27)(H,21,23,26). The second-order valence-corrected chi connectivity index (χ2v) is 6.38. The predicted molar refractivity (Wildman–Crippen MR) is 102 cm³/mol. The Balaban J connectivity index is 1.73. The van der Waals surface area contributed by atoms with Crippen LogP contribution in [0, 0.1) is 20.8 Å². The van der Waals surface area contributed by atoms with Crippen LogP contribution in [0.25, 0.3) is 16.9 Å². The van der Waals surface area contributed by atoms with E-state index in [1.807, 2.05) is 24.3 Å². The maximum atomic E-state index is 12.8. The zero-order valence-corrected chi connectivity index (χ0v) is 15.1. The average Bonchev–Trinajstić information content (AvgIpc) is 3.22. The van der Waals surface area contributed by atoms with Crippen LogP contribution in [-0.4, -0.2) is 30.6 Å². The minimum atomic E-state index is -0.278. The van der Waals surface area contributed by atoms with Crippen LogP contribution in [0.15, 0.2) is 41.3 Å². The second kappa shape index (κ2) is 6.24. The largest absolute Gasteiger partial charge is 0.360 e. The predicted octanol–water partition coefficient (Wildman–Crippen LogP) is 2.61. The summed E-state index contributed by atoms with van der Waals surface area (Å²) in [6, 6.07) is 9.30. The number of benzene rings is 1. The van der Waals surface area contributed by atoms with Crippen molar-refractivity contribution in [2.24, 2.45) is 0 Å². The Morgan fingerprint density at radius 2 is 1.96 bits per heavy atom. The van der Waals surface area contributed by atoms with Crippen LogP contribution in [-0.2, 0) is 0 Å². The maximum Gasteiger partial charge on any atom is 0.258 e. The van der Waals surface area contributed by atoms with Crippen molar-refractivity contribution in [3.05, 3.63) is 69.4 Å². The first kappa shape index (κ1) is 16.8. The Bertz CT molecular complexity index is 1230. The highest BCUT2D eigenvalue weighted by molar-refractivity contribution is 6.12. The van der Waals surface area contributed by atoms with Gasteiger partial charge in [-0.3, -0.25) is 14.6 Å². The van der Waals surface area contributed by atoms with Gasteiger partial charge in [0.15, 0.2) is 0 Å². The molecule has 27 heavy (non-hydrogen) atoms. The van der Waals surface area contributed by atoms with Crippen LogP contribution in [0.4, 0.5) is 5.82 Å². The Hall–Kier alpha value is -3.68. The quantitative estimate of drug-likeness (QED) is 0.520. The monoisotopic (exact) mass is 362 g/mol. The summed E-state index contributed by atoms with van der Waals surface area (Å²) in [6.07, 6.45) is 1.67. The molecule has 0 radical (unpaired) electrons. The Kier molecular flexibility index (Phi) is 3.88. The summed E-state index contributed by atoms with van der Waals surface area (Å²) < 4.78 is 1.43. The molecule has 0 spiro atoms. The van der Waals surface area contributed by atoms with Gasteiger partial charge in [-0.05, 0) is 26.8 Å². The third-order valence-corrected chi connectivity index (χ3v) is 4.49. The molecular formula is C19H18N6O2. The number of nitrogens with one attached hydrogen (secondary N) is 3. The van der Waals surface area contributed by atoms with Crippen molar-refractivity contribution in [1.82, 2.24) is 24.7 Å². The van der Waals surface area contributed by atoms with Crippen molar-refractivity contribution in [1.29, 1.82) is 0 Å². The molecule has 3 aromatic heterocycles. The molecule has 3 N–H and O–H groups in total. The number of nitrogens with zero attached hydrogens (tertiary/aromatic N) is 3. The van der Waals surface area contributed by atoms with E-state index in [9.17, 15) is 9.59 Å². The fourth-order valence-electron chi connectivity index (χ4n) is 2.92. The molecule has 4 aromatic rings. The molecule has 0 saturated carbocycles. The molecule has 0 aliphatic heterocycles. The number of anilines is 1. The number of aromatic amines is 2. The highest BCUT2D eigenvalue weighted by Crippen LogP contribution is 2.20. The van der Waals surface area contributed by atoms with Gasteiger partial charge >= 0.3 is 0 Å². The number of aryl methyl sites for hydroxylation is 2. The molecule has 4 rings (SSSR count). The molecule has 0 unspecified atom stereocenters. The van der Waals surface area contributed by atoms with Gasteiger partial charge in [-0.25, -0.2) is 4.98 Å². The van der Waals surface area contributed by atoms with E-state index in [-0.39, 0.29) is 17.4 Å². The SMILES string of the molecule is Cc1cc(NC(=O)c2c[nH]c3ccccc23)n(-c2nc(C)c(C)c(=O)[nH]2)n1. The lowest BCUT2D eigenvalue weighted by molar-refractivity contribution is 0.102. The van der Waals surface area contributed by atoms with Gasteiger partial charge in [0.05, 0.1) is 11.3 Å². The number of aromatic nitrogens is 5. The van der Waals surface area contributed by atoms with E-state index in [0.29, 0.717) is 28.3 Å². The molecule has 0 aliphatic rings. The number of hydrogen-bond donors (Lipinski definition) is 3. The number of carbonyl (C=O) groups excluding carboxylic acids is 1. The topological polar surface area (TPSA) is 108 Å². The third-order valence-electron chi connectivity index (χ3n) is 4.49. The Morgan fingerprint density at radius 1 is 1.19 bits per heavy atom. The van der Waals surface area contributed by atoms with Crippen LogP contribution in [0.2, 0.25) is 0 Å². The molecule has 136 valence electrons. The highest BCUT2D eigenvalue weighted by atomic mass is 16.2. The van der Waals surface area contributed by atoms with E-state index in [1.165, 1.54) is 4.68 Å². The lowest BCUT2D eigenvalue weighted by atomic mass is 10.1. The highest BCUT2D eigenvalue weighted by Gasteiger charge is 2.17. The molecule has 3 heterocycles. The first-order chi connectivity index (χ1) is 12.9. The van der Waals surface area contributed by atoms with Gasteiger partial charge in [0, 0.05) is 34.4 Å². The van der Waals surface area contributed by atoms with Gasteiger partial charge in [-0.1, -0.05) is 18.2 Å². The van der Waals surface area contributed by atoms with Gasteiger partial charge in [-0.15, -0.1) is 0 Å². The fraction of sp³-hybridized carbons (Fsp3) is 0.158. The number of para-hydroxylation sites is 1.